The van der Waals surface area contributed by atoms with Gasteiger partial charge in [-0.1, -0.05) is 23.7 Å². The van der Waals surface area contributed by atoms with Gasteiger partial charge in [-0.15, -0.1) is 0 Å². The smallest absolute Gasteiger partial charge is 0.288 e. The van der Waals surface area contributed by atoms with E-state index in [1.165, 1.54) is 4.68 Å². The van der Waals surface area contributed by atoms with Crippen molar-refractivity contribution in [3.63, 3.8) is 0 Å². The van der Waals surface area contributed by atoms with Crippen molar-refractivity contribution in [2.24, 2.45) is 0 Å². The van der Waals surface area contributed by atoms with Crippen LogP contribution < -0.4 is 15.6 Å². The molecule has 1 atom stereocenters. The number of benzene rings is 1. The number of hydrogen-bond donors (Lipinski definition) is 1. The number of hydrogen-bond acceptors (Lipinski definition) is 5. The van der Waals surface area contributed by atoms with Crippen LogP contribution in [0.25, 0.3) is 11.0 Å². The zero-order valence-electron chi connectivity index (χ0n) is 15.5. The number of ether oxygens (including phenoxy) is 1. The number of halogens is 1. The lowest BCUT2D eigenvalue weighted by molar-refractivity contribution is 0.338. The first-order valence-electron chi connectivity index (χ1n) is 8.33. The first-order valence-corrected chi connectivity index (χ1v) is 8.71. The lowest BCUT2D eigenvalue weighted by atomic mass is 10.1. The van der Waals surface area contributed by atoms with E-state index in [-0.39, 0.29) is 16.6 Å². The Bertz CT molecular complexity index is 1000. The molecule has 1 N–H and O–H groups in total. The number of furan rings is 1. The van der Waals surface area contributed by atoms with Crippen LogP contribution in [-0.2, 0) is 5.54 Å². The molecule has 0 saturated carbocycles. The minimum Gasteiger partial charge on any atom is -0.493 e. The van der Waals surface area contributed by atoms with Crippen molar-refractivity contribution in [2.75, 3.05) is 12.4 Å². The molecule has 0 aliphatic carbocycles. The van der Waals surface area contributed by atoms with Gasteiger partial charge in [0.05, 0.1) is 30.6 Å². The number of methoxy groups -OCH3 is 1. The molecule has 0 radical (unpaired) electrons. The monoisotopic (exact) mass is 375 g/mol. The van der Waals surface area contributed by atoms with Gasteiger partial charge >= 0.3 is 0 Å². The quantitative estimate of drug-likeness (QED) is 0.722. The number of anilines is 1. The Hall–Kier alpha value is -2.47. The molecule has 0 spiro atoms. The van der Waals surface area contributed by atoms with E-state index < -0.39 is 5.54 Å². The maximum Gasteiger partial charge on any atom is 0.288 e. The molecule has 0 bridgehead atoms. The van der Waals surface area contributed by atoms with Crippen LogP contribution in [-0.4, -0.2) is 16.9 Å². The Labute approximate surface area is 156 Å². The molecule has 26 heavy (non-hydrogen) atoms. The average molecular weight is 376 g/mol. The van der Waals surface area contributed by atoms with Gasteiger partial charge in [0.2, 0.25) is 0 Å². The van der Waals surface area contributed by atoms with Crippen molar-refractivity contribution in [3.8, 4) is 5.75 Å². The van der Waals surface area contributed by atoms with Gasteiger partial charge in [-0.05, 0) is 39.8 Å². The minimum atomic E-state index is -0.444. The summed E-state index contributed by atoms with van der Waals surface area (Å²) >= 11 is 6.28. The summed E-state index contributed by atoms with van der Waals surface area (Å²) in [5, 5.41) is 8.49. The van der Waals surface area contributed by atoms with Gasteiger partial charge in [0.1, 0.15) is 10.8 Å². The van der Waals surface area contributed by atoms with Crippen molar-refractivity contribution in [1.82, 2.24) is 9.78 Å². The summed E-state index contributed by atoms with van der Waals surface area (Å²) in [4.78, 5) is 12.5. The van der Waals surface area contributed by atoms with Crippen LogP contribution >= 0.6 is 11.6 Å². The Balaban J connectivity index is 1.92. The second-order valence-corrected chi connectivity index (χ2v) is 7.53. The van der Waals surface area contributed by atoms with Gasteiger partial charge in [-0.3, -0.25) is 4.79 Å². The average Bonchev–Trinajstić information content (AvgIpc) is 3.02. The Morgan fingerprint density at radius 2 is 2.08 bits per heavy atom. The number of aromatic nitrogens is 2. The largest absolute Gasteiger partial charge is 0.493 e. The van der Waals surface area contributed by atoms with Crippen LogP contribution in [0.15, 0.2) is 39.7 Å². The number of para-hydroxylation sites is 1. The molecule has 3 rings (SSSR count). The molecule has 0 saturated heterocycles. The maximum atomic E-state index is 12.5. The van der Waals surface area contributed by atoms with E-state index >= 15 is 0 Å². The van der Waals surface area contributed by atoms with Gasteiger partial charge < -0.3 is 14.5 Å². The third kappa shape index (κ3) is 3.29. The highest BCUT2D eigenvalue weighted by Gasteiger charge is 2.21. The van der Waals surface area contributed by atoms with Crippen LogP contribution in [0.2, 0.25) is 5.02 Å². The molecule has 2 aromatic heterocycles. The van der Waals surface area contributed by atoms with Crippen LogP contribution in [0.4, 0.5) is 5.69 Å². The van der Waals surface area contributed by atoms with Crippen molar-refractivity contribution in [3.05, 3.63) is 51.6 Å². The van der Waals surface area contributed by atoms with E-state index in [1.54, 1.807) is 13.3 Å². The Kier molecular flexibility index (Phi) is 4.71. The maximum absolute atomic E-state index is 12.5. The summed E-state index contributed by atoms with van der Waals surface area (Å²) in [7, 11) is 1.61. The van der Waals surface area contributed by atoms with Gasteiger partial charge in [0.15, 0.2) is 11.3 Å². The fourth-order valence-electron chi connectivity index (χ4n) is 2.75. The highest BCUT2D eigenvalue weighted by molar-refractivity contribution is 6.32. The fourth-order valence-corrected chi connectivity index (χ4v) is 2.93. The van der Waals surface area contributed by atoms with E-state index in [1.807, 2.05) is 52.0 Å². The molecule has 0 amide bonds. The molecule has 138 valence electrons. The summed E-state index contributed by atoms with van der Waals surface area (Å²) in [6, 6.07) is 7.44. The van der Waals surface area contributed by atoms with Crippen molar-refractivity contribution >= 4 is 28.3 Å². The van der Waals surface area contributed by atoms with Crippen LogP contribution in [0.5, 0.6) is 5.75 Å². The van der Waals surface area contributed by atoms with Crippen molar-refractivity contribution < 1.29 is 9.15 Å². The predicted molar refractivity (Wildman–Crippen MR) is 103 cm³/mol. The molecular formula is C19H22ClN3O3. The van der Waals surface area contributed by atoms with E-state index in [0.717, 1.165) is 5.39 Å². The molecular weight excluding hydrogens is 354 g/mol. The predicted octanol–water partition coefficient (Wildman–Crippen LogP) is 4.58. The van der Waals surface area contributed by atoms with Crippen LogP contribution in [0.3, 0.4) is 0 Å². The van der Waals surface area contributed by atoms with E-state index in [4.69, 9.17) is 20.8 Å². The van der Waals surface area contributed by atoms with Gasteiger partial charge in [0.25, 0.3) is 5.56 Å². The molecule has 3 aromatic rings. The molecule has 7 heteroatoms. The van der Waals surface area contributed by atoms with E-state index in [9.17, 15) is 4.79 Å². The molecule has 0 fully saturated rings. The van der Waals surface area contributed by atoms with Crippen LogP contribution in [0.1, 0.15) is 39.5 Å². The normalized spacial score (nSPS) is 13.0. The van der Waals surface area contributed by atoms with Gasteiger partial charge in [-0.2, -0.15) is 5.10 Å². The number of fused-ring (bicyclic) bond motifs is 1. The second-order valence-electron chi connectivity index (χ2n) is 7.15. The van der Waals surface area contributed by atoms with E-state index in [2.05, 4.69) is 10.4 Å². The van der Waals surface area contributed by atoms with Crippen LogP contribution in [0, 0.1) is 0 Å². The molecule has 1 aromatic carbocycles. The van der Waals surface area contributed by atoms with Gasteiger partial charge in [0, 0.05) is 5.39 Å². The minimum absolute atomic E-state index is 0.107. The number of rotatable bonds is 4. The van der Waals surface area contributed by atoms with Gasteiger partial charge in [-0.25, -0.2) is 4.68 Å². The lowest BCUT2D eigenvalue weighted by Gasteiger charge is -2.22. The zero-order valence-corrected chi connectivity index (χ0v) is 16.2. The summed E-state index contributed by atoms with van der Waals surface area (Å²) in [5.74, 6) is 1.38. The molecule has 2 heterocycles. The molecule has 6 nitrogen and oxygen atoms in total. The Morgan fingerprint density at radius 3 is 2.73 bits per heavy atom. The fraction of sp³-hybridized carbons (Fsp3) is 0.368. The lowest BCUT2D eigenvalue weighted by Crippen LogP contribution is -2.36. The topological polar surface area (TPSA) is 69.3 Å². The van der Waals surface area contributed by atoms with Crippen molar-refractivity contribution in [1.29, 1.82) is 0 Å². The number of nitrogens with one attached hydrogen (secondary N) is 1. The third-order valence-corrected chi connectivity index (χ3v) is 4.47. The summed E-state index contributed by atoms with van der Waals surface area (Å²) in [6.07, 6.45) is 1.56. The molecule has 0 aliphatic rings. The third-order valence-electron chi connectivity index (χ3n) is 4.10. The highest BCUT2D eigenvalue weighted by Crippen LogP contribution is 2.32. The van der Waals surface area contributed by atoms with Crippen molar-refractivity contribution in [2.45, 2.75) is 39.3 Å². The summed E-state index contributed by atoms with van der Waals surface area (Å²) in [6.45, 7) is 7.62. The first kappa shape index (κ1) is 18.3. The second kappa shape index (κ2) is 6.68. The zero-order chi connectivity index (χ0) is 19.1. The summed E-state index contributed by atoms with van der Waals surface area (Å²) < 4.78 is 12.6. The first-order chi connectivity index (χ1) is 12.2. The highest BCUT2D eigenvalue weighted by atomic mass is 35.5. The molecule has 0 aliphatic heterocycles. The SMILES string of the molecule is COc1cccc2cc([C@H](C)Nc3cnn(C(C)(C)C)c(=O)c3Cl)oc12. The molecule has 0 unspecified atom stereocenters. The number of nitrogens with zero attached hydrogens (tertiary/aromatic N) is 2. The summed E-state index contributed by atoms with van der Waals surface area (Å²) in [5.41, 5.74) is 0.380. The Morgan fingerprint density at radius 1 is 1.35 bits per heavy atom. The van der Waals surface area contributed by atoms with E-state index in [0.29, 0.717) is 22.8 Å². The standard InChI is InChI=1S/C19H22ClN3O3/c1-11(15-9-12-7-6-8-14(25-5)17(12)26-15)22-13-10-21-23(19(2,3)4)18(24)16(13)20/h6-11,22H,1-5H3/t11-/m0/s1.